The molecule has 0 aromatic heterocycles. The van der Waals surface area contributed by atoms with E-state index in [1.165, 1.54) is 12.2 Å². The Morgan fingerprint density at radius 3 is 1.04 bits per heavy atom. The Hall–Kier alpha value is -3.00. The summed E-state index contributed by atoms with van der Waals surface area (Å²) in [6.45, 7) is 13.5. The van der Waals surface area contributed by atoms with Gasteiger partial charge in [0, 0.05) is 28.2 Å². The number of allylic oxidation sites excluding steroid dienone is 4. The largest absolute Gasteiger partial charge is 0 e. The van der Waals surface area contributed by atoms with Crippen molar-refractivity contribution in [2.24, 2.45) is 0 Å². The van der Waals surface area contributed by atoms with Crippen LogP contribution in [0.4, 0.5) is 0 Å². The standard InChI is InChI=1S/C18H12O2.3CO.Fe/c19-17-12-16(14-9-5-2-6-10-14)18(20)11-15(17)13-7-3-1-4-8-13;3*1-2;/h1-12H;;;;. The van der Waals surface area contributed by atoms with E-state index in [9.17, 15) is 9.59 Å². The van der Waals surface area contributed by atoms with Crippen LogP contribution in [0.2, 0.25) is 0 Å². The van der Waals surface area contributed by atoms with Crippen LogP contribution in [-0.4, -0.2) is 11.6 Å². The van der Waals surface area contributed by atoms with Crippen LogP contribution in [0.1, 0.15) is 11.1 Å². The predicted octanol–water partition coefficient (Wildman–Crippen LogP) is 3.19. The second kappa shape index (κ2) is 15.3. The maximum absolute atomic E-state index is 12.2. The van der Waals surface area contributed by atoms with Crippen molar-refractivity contribution in [3.05, 3.63) is 104 Å². The van der Waals surface area contributed by atoms with Gasteiger partial charge in [-0.3, -0.25) is 9.59 Å². The van der Waals surface area contributed by atoms with E-state index < -0.39 is 0 Å². The van der Waals surface area contributed by atoms with Gasteiger partial charge in [0.05, 0.1) is 0 Å². The molecule has 0 atom stereocenters. The van der Waals surface area contributed by atoms with E-state index in [2.05, 4.69) is 20.0 Å². The molecule has 0 fully saturated rings. The third kappa shape index (κ3) is 7.41. The monoisotopic (exact) mass is 400 g/mol. The van der Waals surface area contributed by atoms with Gasteiger partial charge in [0.25, 0.3) is 0 Å². The Morgan fingerprint density at radius 1 is 0.519 bits per heavy atom. The Labute approximate surface area is 167 Å². The summed E-state index contributed by atoms with van der Waals surface area (Å²) in [6, 6.07) is 18.5. The summed E-state index contributed by atoms with van der Waals surface area (Å²) < 4.78 is 22.5. The summed E-state index contributed by atoms with van der Waals surface area (Å²) in [7, 11) is 0. The Morgan fingerprint density at radius 2 is 0.778 bits per heavy atom. The fourth-order valence-corrected chi connectivity index (χ4v) is 2.25. The molecular weight excluding hydrogens is 388 g/mol. The molecule has 3 rings (SSSR count). The van der Waals surface area contributed by atoms with Gasteiger partial charge >= 0.3 is 33.9 Å². The van der Waals surface area contributed by atoms with Gasteiger partial charge in [0.15, 0.2) is 11.6 Å². The molecule has 0 bridgehead atoms. The first-order chi connectivity index (χ1) is 12.8. The first kappa shape index (κ1) is 26.2. The quantitative estimate of drug-likeness (QED) is 0.335. The molecule has 0 N–H and O–H groups in total. The number of hydrogen-bond donors (Lipinski definition) is 0. The van der Waals surface area contributed by atoms with Crippen molar-refractivity contribution in [3.8, 4) is 0 Å². The van der Waals surface area contributed by atoms with Crippen LogP contribution in [0.5, 0.6) is 0 Å². The van der Waals surface area contributed by atoms with Crippen LogP contribution < -0.4 is 0 Å². The summed E-state index contributed by atoms with van der Waals surface area (Å²) >= 11 is 0. The van der Waals surface area contributed by atoms with E-state index in [0.29, 0.717) is 11.1 Å². The number of hydrogen-bond acceptors (Lipinski definition) is 2. The second-order valence-corrected chi connectivity index (χ2v) is 4.58. The molecule has 134 valence electrons. The number of carbonyl (C=O) groups excluding carboxylic acids is 2. The third-order valence-electron chi connectivity index (χ3n) is 3.25. The van der Waals surface area contributed by atoms with Gasteiger partial charge in [-0.2, -0.15) is 0 Å². The molecule has 1 aliphatic rings. The van der Waals surface area contributed by atoms with Crippen LogP contribution in [-0.2, 0) is 40.6 Å². The van der Waals surface area contributed by atoms with E-state index in [1.807, 2.05) is 60.7 Å². The molecule has 0 radical (unpaired) electrons. The maximum Gasteiger partial charge on any atom is 0 e. The second-order valence-electron chi connectivity index (χ2n) is 4.58. The normalized spacial score (nSPS) is 11.2. The molecule has 0 heterocycles. The van der Waals surface area contributed by atoms with Crippen molar-refractivity contribution in [1.82, 2.24) is 0 Å². The van der Waals surface area contributed by atoms with E-state index in [0.717, 1.165) is 11.1 Å². The Balaban J connectivity index is 0. The molecule has 0 saturated carbocycles. The maximum atomic E-state index is 12.2. The minimum absolute atomic E-state index is 0. The molecule has 2 aromatic carbocycles. The number of benzene rings is 2. The van der Waals surface area contributed by atoms with Gasteiger partial charge < -0.3 is 0 Å². The molecular formula is C21H12FeO5. The minimum atomic E-state index is -0.130. The van der Waals surface area contributed by atoms with Crippen molar-refractivity contribution in [1.29, 1.82) is 0 Å². The fourth-order valence-electron chi connectivity index (χ4n) is 2.25. The predicted molar refractivity (Wildman–Crippen MR) is 90.6 cm³/mol. The van der Waals surface area contributed by atoms with Crippen LogP contribution in [0.3, 0.4) is 0 Å². The molecule has 27 heavy (non-hydrogen) atoms. The van der Waals surface area contributed by atoms with Crippen molar-refractivity contribution in [2.75, 3.05) is 0 Å². The van der Waals surface area contributed by atoms with Crippen molar-refractivity contribution in [2.45, 2.75) is 0 Å². The van der Waals surface area contributed by atoms with E-state index >= 15 is 0 Å². The molecule has 0 spiro atoms. The first-order valence-corrected chi connectivity index (χ1v) is 7.00. The zero-order chi connectivity index (χ0) is 19.9. The summed E-state index contributed by atoms with van der Waals surface area (Å²) in [6.07, 6.45) is 2.86. The summed E-state index contributed by atoms with van der Waals surface area (Å²) in [5.41, 5.74) is 2.45. The van der Waals surface area contributed by atoms with Crippen molar-refractivity contribution < 1.29 is 40.6 Å². The van der Waals surface area contributed by atoms with Crippen LogP contribution in [0.25, 0.3) is 11.1 Å². The molecule has 2 aromatic rings. The number of carbonyl (C=O) groups is 2. The van der Waals surface area contributed by atoms with Crippen LogP contribution in [0, 0.1) is 20.0 Å². The van der Waals surface area contributed by atoms with E-state index in [4.69, 9.17) is 14.0 Å². The van der Waals surface area contributed by atoms with Gasteiger partial charge in [-0.05, 0) is 23.3 Å². The number of rotatable bonds is 2. The van der Waals surface area contributed by atoms with Crippen LogP contribution in [0.15, 0.2) is 72.8 Å². The van der Waals surface area contributed by atoms with Gasteiger partial charge in [-0.15, -0.1) is 0 Å². The van der Waals surface area contributed by atoms with Crippen LogP contribution >= 0.6 is 0 Å². The SMILES string of the molecule is O=C1C=C(c2ccccc2)C(=O)C=C1c1ccccc1.[C-]#[O+].[C-]#[O+].[C-]#[O+].[Fe]. The van der Waals surface area contributed by atoms with E-state index in [-0.39, 0.29) is 28.6 Å². The average Bonchev–Trinajstić information content (AvgIpc) is 2.75. The van der Waals surface area contributed by atoms with Gasteiger partial charge in [-0.1, -0.05) is 60.7 Å². The molecule has 1 aliphatic carbocycles. The first-order valence-electron chi connectivity index (χ1n) is 7.00. The molecule has 0 saturated heterocycles. The van der Waals surface area contributed by atoms with Gasteiger partial charge in [0.1, 0.15) is 0 Å². The zero-order valence-electron chi connectivity index (χ0n) is 13.8. The van der Waals surface area contributed by atoms with Gasteiger partial charge in [0.2, 0.25) is 0 Å². The molecule has 5 nitrogen and oxygen atoms in total. The molecule has 0 unspecified atom stereocenters. The molecule has 0 amide bonds. The van der Waals surface area contributed by atoms with Crippen molar-refractivity contribution >= 4 is 22.7 Å². The third-order valence-corrected chi connectivity index (χ3v) is 3.25. The molecule has 0 aliphatic heterocycles. The minimum Gasteiger partial charge on any atom is 0 e. The Bertz CT molecular complexity index is 780. The Kier molecular flexibility index (Phi) is 14.8. The smallest absolute Gasteiger partial charge is 0 e. The van der Waals surface area contributed by atoms with Crippen molar-refractivity contribution in [3.63, 3.8) is 0 Å². The molecule has 6 heteroatoms. The summed E-state index contributed by atoms with van der Waals surface area (Å²) in [5.74, 6) is -0.260. The average molecular weight is 400 g/mol. The summed E-state index contributed by atoms with van der Waals surface area (Å²) in [4.78, 5) is 24.5. The zero-order valence-corrected chi connectivity index (χ0v) is 14.9. The number of ketones is 2. The van der Waals surface area contributed by atoms with E-state index in [1.54, 1.807) is 0 Å². The summed E-state index contributed by atoms with van der Waals surface area (Å²) in [5, 5.41) is 0. The van der Waals surface area contributed by atoms with Gasteiger partial charge in [-0.25, -0.2) is 0 Å². The fraction of sp³-hybridized carbons (Fsp3) is 0. The topological polar surface area (TPSA) is 93.8 Å².